The largest absolute Gasteiger partial charge is 0.321 e. The monoisotopic (exact) mass is 384 g/mol. The zero-order valence-electron chi connectivity index (χ0n) is 16.1. The lowest BCUT2D eigenvalue weighted by atomic mass is 10.2. The number of rotatable bonds is 4. The standard InChI is InChI=1S/C23H20N4O2/c1-15-7-8-16(2)27(15)20-11-9-17(10-12-20)23(29)26-24-14-19-13-18-5-3-4-6-21(18)25-22(19)28/h3-14H,1-2H3,(H,25,28)(H,26,29)/b24-14+. The fourth-order valence-corrected chi connectivity index (χ4v) is 3.32. The molecular formula is C23H20N4O2. The second-order valence-electron chi connectivity index (χ2n) is 6.84. The summed E-state index contributed by atoms with van der Waals surface area (Å²) in [5.41, 5.74) is 7.08. The van der Waals surface area contributed by atoms with Crippen LogP contribution >= 0.6 is 0 Å². The van der Waals surface area contributed by atoms with E-state index in [-0.39, 0.29) is 11.5 Å². The number of pyridine rings is 1. The molecule has 0 spiro atoms. The lowest BCUT2D eigenvalue weighted by Crippen LogP contribution is -2.19. The normalized spacial score (nSPS) is 11.2. The van der Waals surface area contributed by atoms with Crippen LogP contribution in [-0.4, -0.2) is 21.7 Å². The topological polar surface area (TPSA) is 79.2 Å². The first kappa shape index (κ1) is 18.4. The Morgan fingerprint density at radius 2 is 1.69 bits per heavy atom. The first-order valence-corrected chi connectivity index (χ1v) is 9.24. The van der Waals surface area contributed by atoms with E-state index in [0.717, 1.165) is 28.0 Å². The quantitative estimate of drug-likeness (QED) is 0.416. The van der Waals surface area contributed by atoms with Gasteiger partial charge in [-0.2, -0.15) is 5.10 Å². The Bertz CT molecular complexity index is 1260. The van der Waals surface area contributed by atoms with Crippen LogP contribution in [0.3, 0.4) is 0 Å². The Labute approximate surface area is 167 Å². The number of aryl methyl sites for hydroxylation is 2. The van der Waals surface area contributed by atoms with Gasteiger partial charge in [0.15, 0.2) is 0 Å². The van der Waals surface area contributed by atoms with E-state index >= 15 is 0 Å². The molecule has 144 valence electrons. The lowest BCUT2D eigenvalue weighted by molar-refractivity contribution is 0.0955. The van der Waals surface area contributed by atoms with E-state index in [2.05, 4.69) is 32.2 Å². The molecule has 0 saturated heterocycles. The maximum atomic E-state index is 12.3. The van der Waals surface area contributed by atoms with Crippen molar-refractivity contribution in [2.24, 2.45) is 5.10 Å². The summed E-state index contributed by atoms with van der Waals surface area (Å²) in [6.07, 6.45) is 1.35. The van der Waals surface area contributed by atoms with Gasteiger partial charge < -0.3 is 9.55 Å². The number of benzene rings is 2. The molecule has 0 aliphatic heterocycles. The zero-order valence-corrected chi connectivity index (χ0v) is 16.1. The number of nitrogens with zero attached hydrogens (tertiary/aromatic N) is 2. The van der Waals surface area contributed by atoms with Gasteiger partial charge in [0, 0.05) is 28.2 Å². The summed E-state index contributed by atoms with van der Waals surface area (Å²) in [7, 11) is 0. The van der Waals surface area contributed by atoms with Crippen LogP contribution in [0.5, 0.6) is 0 Å². The number of hydrogen-bond acceptors (Lipinski definition) is 3. The third kappa shape index (κ3) is 3.73. The summed E-state index contributed by atoms with van der Waals surface area (Å²) >= 11 is 0. The summed E-state index contributed by atoms with van der Waals surface area (Å²) in [4.78, 5) is 27.3. The minimum atomic E-state index is -0.342. The minimum absolute atomic E-state index is 0.261. The van der Waals surface area contributed by atoms with Crippen LogP contribution in [0.2, 0.25) is 0 Å². The molecule has 0 bridgehead atoms. The van der Waals surface area contributed by atoms with Gasteiger partial charge in [-0.1, -0.05) is 18.2 Å². The molecule has 2 aromatic heterocycles. The number of para-hydroxylation sites is 1. The average molecular weight is 384 g/mol. The summed E-state index contributed by atoms with van der Waals surface area (Å²) in [5.74, 6) is -0.342. The van der Waals surface area contributed by atoms with Crippen LogP contribution in [0.25, 0.3) is 16.6 Å². The number of H-pyrrole nitrogens is 1. The van der Waals surface area contributed by atoms with Crippen molar-refractivity contribution in [2.75, 3.05) is 0 Å². The lowest BCUT2D eigenvalue weighted by Gasteiger charge is -2.10. The van der Waals surface area contributed by atoms with Crippen LogP contribution in [-0.2, 0) is 0 Å². The molecular weight excluding hydrogens is 364 g/mol. The van der Waals surface area contributed by atoms with Crippen molar-refractivity contribution in [1.29, 1.82) is 0 Å². The van der Waals surface area contributed by atoms with Crippen molar-refractivity contribution in [1.82, 2.24) is 15.0 Å². The van der Waals surface area contributed by atoms with Crippen molar-refractivity contribution in [2.45, 2.75) is 13.8 Å². The van der Waals surface area contributed by atoms with Crippen molar-refractivity contribution in [3.8, 4) is 5.69 Å². The molecule has 0 radical (unpaired) electrons. The van der Waals surface area contributed by atoms with Gasteiger partial charge in [-0.3, -0.25) is 9.59 Å². The Morgan fingerprint density at radius 1 is 1.00 bits per heavy atom. The Morgan fingerprint density at radius 3 is 2.41 bits per heavy atom. The highest BCUT2D eigenvalue weighted by Crippen LogP contribution is 2.17. The number of aromatic nitrogens is 2. The van der Waals surface area contributed by atoms with E-state index in [9.17, 15) is 9.59 Å². The van der Waals surface area contributed by atoms with Crippen molar-refractivity contribution >= 4 is 23.0 Å². The predicted molar refractivity (Wildman–Crippen MR) is 115 cm³/mol. The summed E-state index contributed by atoms with van der Waals surface area (Å²) in [5, 5.41) is 4.83. The third-order valence-corrected chi connectivity index (χ3v) is 4.81. The second kappa shape index (κ2) is 7.59. The van der Waals surface area contributed by atoms with Crippen molar-refractivity contribution in [3.05, 3.63) is 99.6 Å². The first-order valence-electron chi connectivity index (χ1n) is 9.24. The van der Waals surface area contributed by atoms with E-state index < -0.39 is 0 Å². The first-order chi connectivity index (χ1) is 14.0. The van der Waals surface area contributed by atoms with Gasteiger partial charge in [0.2, 0.25) is 0 Å². The highest BCUT2D eigenvalue weighted by Gasteiger charge is 2.07. The summed E-state index contributed by atoms with van der Waals surface area (Å²) in [6, 6.07) is 20.6. The van der Waals surface area contributed by atoms with Gasteiger partial charge in [0.05, 0.1) is 11.8 Å². The minimum Gasteiger partial charge on any atom is -0.321 e. The van der Waals surface area contributed by atoms with E-state index in [1.807, 2.05) is 50.2 Å². The molecule has 0 unspecified atom stereocenters. The van der Waals surface area contributed by atoms with Crippen molar-refractivity contribution in [3.63, 3.8) is 0 Å². The predicted octanol–water partition coefficient (Wildman–Crippen LogP) is 3.70. The number of hydrazone groups is 1. The number of hydrogen-bond donors (Lipinski definition) is 2. The van der Waals surface area contributed by atoms with E-state index in [4.69, 9.17) is 0 Å². The van der Waals surface area contributed by atoms with Gasteiger partial charge in [0.25, 0.3) is 11.5 Å². The molecule has 6 nitrogen and oxygen atoms in total. The third-order valence-electron chi connectivity index (χ3n) is 4.81. The average Bonchev–Trinajstić information content (AvgIpc) is 3.06. The molecule has 0 aliphatic rings. The molecule has 0 fully saturated rings. The molecule has 0 atom stereocenters. The van der Waals surface area contributed by atoms with Gasteiger partial charge in [0.1, 0.15) is 0 Å². The van der Waals surface area contributed by atoms with Crippen molar-refractivity contribution < 1.29 is 4.79 Å². The molecule has 0 aliphatic carbocycles. The SMILES string of the molecule is Cc1ccc(C)n1-c1ccc(C(=O)N/N=C/c2cc3ccccc3[nH]c2=O)cc1. The Hall–Kier alpha value is -3.93. The van der Waals surface area contributed by atoms with Gasteiger partial charge >= 0.3 is 0 Å². The van der Waals surface area contributed by atoms with Crippen LogP contribution in [0.4, 0.5) is 0 Å². The maximum Gasteiger partial charge on any atom is 0.271 e. The fourth-order valence-electron chi connectivity index (χ4n) is 3.32. The number of carbonyl (C=O) groups excluding carboxylic acids is 1. The van der Waals surface area contributed by atoms with E-state index in [1.54, 1.807) is 18.2 Å². The molecule has 2 aromatic carbocycles. The van der Waals surface area contributed by atoms with Gasteiger partial charge in [-0.15, -0.1) is 0 Å². The number of aromatic amines is 1. The Kier molecular flexibility index (Phi) is 4.83. The smallest absolute Gasteiger partial charge is 0.271 e. The number of fused-ring (bicyclic) bond motifs is 1. The molecule has 2 N–H and O–H groups in total. The van der Waals surface area contributed by atoms with E-state index in [1.165, 1.54) is 6.21 Å². The van der Waals surface area contributed by atoms with Crippen LogP contribution < -0.4 is 11.0 Å². The maximum absolute atomic E-state index is 12.3. The number of nitrogens with one attached hydrogen (secondary N) is 2. The Balaban J connectivity index is 1.49. The molecule has 29 heavy (non-hydrogen) atoms. The summed E-state index contributed by atoms with van der Waals surface area (Å²) in [6.45, 7) is 4.08. The van der Waals surface area contributed by atoms with Gasteiger partial charge in [-0.05, 0) is 67.8 Å². The highest BCUT2D eigenvalue weighted by atomic mass is 16.2. The molecule has 2 heterocycles. The van der Waals surface area contributed by atoms with Crippen LogP contribution in [0.15, 0.2) is 76.6 Å². The molecule has 6 heteroatoms. The number of amides is 1. The van der Waals surface area contributed by atoms with E-state index in [0.29, 0.717) is 11.1 Å². The van der Waals surface area contributed by atoms with Crippen LogP contribution in [0.1, 0.15) is 27.3 Å². The van der Waals surface area contributed by atoms with Crippen LogP contribution in [0, 0.1) is 13.8 Å². The highest BCUT2D eigenvalue weighted by molar-refractivity contribution is 5.95. The molecule has 4 aromatic rings. The summed E-state index contributed by atoms with van der Waals surface area (Å²) < 4.78 is 2.12. The molecule has 1 amide bonds. The number of carbonyl (C=O) groups is 1. The molecule has 4 rings (SSSR count). The second-order valence-corrected chi connectivity index (χ2v) is 6.84. The fraction of sp³-hybridized carbons (Fsp3) is 0.0870. The molecule has 0 saturated carbocycles. The zero-order chi connectivity index (χ0) is 20.4. The van der Waals surface area contributed by atoms with Gasteiger partial charge in [-0.25, -0.2) is 5.43 Å².